The van der Waals surface area contributed by atoms with E-state index < -0.39 is 0 Å². The highest BCUT2D eigenvalue weighted by Gasteiger charge is 2.46. The zero-order valence-electron chi connectivity index (χ0n) is 13.5. The third-order valence-electron chi connectivity index (χ3n) is 5.74. The molecule has 0 amide bonds. The minimum Gasteiger partial charge on any atom is -0.0599 e. The second kappa shape index (κ2) is 4.59. The van der Waals surface area contributed by atoms with E-state index in [1.165, 1.54) is 25.7 Å². The van der Waals surface area contributed by atoms with Crippen LogP contribution < -0.4 is 0 Å². The first-order valence-electron chi connectivity index (χ1n) is 7.48. The van der Waals surface area contributed by atoms with Crippen LogP contribution in [-0.4, -0.2) is 0 Å². The number of hydrogen-bond acceptors (Lipinski definition) is 0. The maximum atomic E-state index is 2.50. The van der Waals surface area contributed by atoms with Crippen molar-refractivity contribution in [3.05, 3.63) is 0 Å². The van der Waals surface area contributed by atoms with E-state index >= 15 is 0 Å². The lowest BCUT2D eigenvalue weighted by Crippen LogP contribution is -2.45. The Morgan fingerprint density at radius 2 is 1.06 bits per heavy atom. The largest absolute Gasteiger partial charge is 0.0599 e. The Hall–Kier alpha value is 0. The lowest BCUT2D eigenvalue weighted by molar-refractivity contribution is -0.0388. The molecule has 0 aliphatic heterocycles. The van der Waals surface area contributed by atoms with Crippen molar-refractivity contribution in [1.29, 1.82) is 0 Å². The Labute approximate surface area is 110 Å². The number of hydrogen-bond donors (Lipinski definition) is 0. The van der Waals surface area contributed by atoms with Crippen LogP contribution in [0, 0.1) is 28.1 Å². The highest BCUT2D eigenvalue weighted by Crippen LogP contribution is 2.55. The van der Waals surface area contributed by atoms with Crippen molar-refractivity contribution in [2.45, 2.75) is 81.1 Å². The second-order valence-corrected chi connectivity index (χ2v) is 8.84. The molecule has 0 aromatic rings. The van der Waals surface area contributed by atoms with Gasteiger partial charge in [-0.25, -0.2) is 0 Å². The molecule has 0 nitrogen and oxygen atoms in total. The van der Waals surface area contributed by atoms with Crippen LogP contribution in [-0.2, 0) is 0 Å². The van der Waals surface area contributed by atoms with Crippen molar-refractivity contribution in [1.82, 2.24) is 0 Å². The van der Waals surface area contributed by atoms with Crippen LogP contribution in [0.25, 0.3) is 0 Å². The monoisotopic (exact) mass is 238 g/mol. The molecule has 0 saturated heterocycles. The van der Waals surface area contributed by atoms with E-state index in [1.807, 2.05) is 0 Å². The van der Waals surface area contributed by atoms with Crippen molar-refractivity contribution in [3.63, 3.8) is 0 Å². The Kier molecular flexibility index (Phi) is 4.07. The molecule has 0 heterocycles. The molecule has 0 aromatic carbocycles. The summed E-state index contributed by atoms with van der Waals surface area (Å²) in [6, 6.07) is 0. The summed E-state index contributed by atoms with van der Waals surface area (Å²) < 4.78 is 0. The number of rotatable bonds is 1. The minimum absolute atomic E-state index is 0.401. The molecule has 0 N–H and O–H groups in total. The van der Waals surface area contributed by atoms with Gasteiger partial charge in [0.1, 0.15) is 0 Å². The van der Waals surface area contributed by atoms with Crippen molar-refractivity contribution in [3.8, 4) is 0 Å². The van der Waals surface area contributed by atoms with E-state index in [0.29, 0.717) is 16.2 Å². The molecule has 1 rings (SSSR count). The predicted octanol–water partition coefficient (Wildman–Crippen LogP) is 5.91. The SMILES string of the molecule is CC(C)(C)C1CCCCC1C(C)(C)C(C)(C)C. The van der Waals surface area contributed by atoms with Gasteiger partial charge in [0.15, 0.2) is 0 Å². The first-order valence-corrected chi connectivity index (χ1v) is 7.48. The van der Waals surface area contributed by atoms with Crippen LogP contribution in [0.4, 0.5) is 0 Å². The fraction of sp³-hybridized carbons (Fsp3) is 1.00. The van der Waals surface area contributed by atoms with E-state index in [0.717, 1.165) is 11.8 Å². The lowest BCUT2D eigenvalue weighted by Gasteiger charge is -2.53. The molecule has 2 atom stereocenters. The average Bonchev–Trinajstić information content (AvgIpc) is 2.14. The Bertz CT molecular complexity index is 246. The van der Waals surface area contributed by atoms with Gasteiger partial charge in [-0.2, -0.15) is 0 Å². The molecule has 0 radical (unpaired) electrons. The van der Waals surface area contributed by atoms with Crippen LogP contribution in [0.2, 0.25) is 0 Å². The van der Waals surface area contributed by atoms with Gasteiger partial charge in [-0.15, -0.1) is 0 Å². The Balaban J connectivity index is 3.00. The molecule has 102 valence electrons. The van der Waals surface area contributed by atoms with Crippen LogP contribution in [0.1, 0.15) is 81.1 Å². The molecule has 1 saturated carbocycles. The van der Waals surface area contributed by atoms with Gasteiger partial charge in [0, 0.05) is 0 Å². The normalized spacial score (nSPS) is 28.2. The standard InChI is InChI=1S/C17H34/c1-15(2,3)13-11-9-10-12-14(13)17(7,8)16(4,5)6/h13-14H,9-12H2,1-8H3. The molecule has 1 aliphatic rings. The van der Waals surface area contributed by atoms with Crippen LogP contribution in [0.3, 0.4) is 0 Å². The summed E-state index contributed by atoms with van der Waals surface area (Å²) >= 11 is 0. The van der Waals surface area contributed by atoms with Crippen molar-refractivity contribution in [2.75, 3.05) is 0 Å². The highest BCUT2D eigenvalue weighted by molar-refractivity contribution is 4.96. The zero-order chi connectivity index (χ0) is 13.5. The first-order chi connectivity index (χ1) is 7.48. The van der Waals surface area contributed by atoms with E-state index in [4.69, 9.17) is 0 Å². The van der Waals surface area contributed by atoms with Crippen molar-refractivity contribution >= 4 is 0 Å². The quantitative estimate of drug-likeness (QED) is 0.532. The van der Waals surface area contributed by atoms with E-state index in [-0.39, 0.29) is 0 Å². The van der Waals surface area contributed by atoms with Crippen LogP contribution >= 0.6 is 0 Å². The van der Waals surface area contributed by atoms with E-state index in [1.54, 1.807) is 0 Å². The molecule has 0 spiro atoms. The third-order valence-corrected chi connectivity index (χ3v) is 5.74. The fourth-order valence-corrected chi connectivity index (χ4v) is 3.59. The molecular weight excluding hydrogens is 204 g/mol. The molecule has 1 aliphatic carbocycles. The first kappa shape index (κ1) is 15.1. The minimum atomic E-state index is 0.401. The van der Waals surface area contributed by atoms with Gasteiger partial charge in [-0.1, -0.05) is 68.2 Å². The average molecular weight is 238 g/mol. The van der Waals surface area contributed by atoms with Gasteiger partial charge >= 0.3 is 0 Å². The van der Waals surface area contributed by atoms with Crippen molar-refractivity contribution < 1.29 is 0 Å². The molecule has 0 bridgehead atoms. The Morgan fingerprint density at radius 3 is 1.41 bits per heavy atom. The zero-order valence-corrected chi connectivity index (χ0v) is 13.5. The van der Waals surface area contributed by atoms with Gasteiger partial charge in [-0.05, 0) is 40.9 Å². The third kappa shape index (κ3) is 3.06. The summed E-state index contributed by atoms with van der Waals surface area (Å²) in [5.41, 5.74) is 1.30. The maximum absolute atomic E-state index is 2.50. The summed E-state index contributed by atoms with van der Waals surface area (Å²) in [5, 5.41) is 0. The predicted molar refractivity (Wildman–Crippen MR) is 78.1 cm³/mol. The van der Waals surface area contributed by atoms with E-state index in [2.05, 4.69) is 55.4 Å². The maximum Gasteiger partial charge on any atom is -0.0274 e. The van der Waals surface area contributed by atoms with Gasteiger partial charge in [0.2, 0.25) is 0 Å². The van der Waals surface area contributed by atoms with Gasteiger partial charge in [-0.3, -0.25) is 0 Å². The summed E-state index contributed by atoms with van der Waals surface area (Å²) in [6.07, 6.45) is 5.76. The van der Waals surface area contributed by atoms with Crippen LogP contribution in [0.15, 0.2) is 0 Å². The van der Waals surface area contributed by atoms with Gasteiger partial charge in [0.25, 0.3) is 0 Å². The van der Waals surface area contributed by atoms with Gasteiger partial charge < -0.3 is 0 Å². The molecular formula is C17H34. The second-order valence-electron chi connectivity index (χ2n) is 8.84. The highest BCUT2D eigenvalue weighted by atomic mass is 14.5. The summed E-state index contributed by atoms with van der Waals surface area (Å²) in [4.78, 5) is 0. The van der Waals surface area contributed by atoms with E-state index in [9.17, 15) is 0 Å². The summed E-state index contributed by atoms with van der Waals surface area (Å²) in [6.45, 7) is 19.6. The molecule has 1 fully saturated rings. The van der Waals surface area contributed by atoms with Gasteiger partial charge in [0.05, 0.1) is 0 Å². The molecule has 0 heteroatoms. The lowest BCUT2D eigenvalue weighted by atomic mass is 9.52. The Morgan fingerprint density at radius 1 is 0.647 bits per heavy atom. The molecule has 17 heavy (non-hydrogen) atoms. The van der Waals surface area contributed by atoms with Crippen molar-refractivity contribution in [2.24, 2.45) is 28.1 Å². The smallest absolute Gasteiger partial charge is 0.0274 e. The molecule has 2 unspecified atom stereocenters. The fourth-order valence-electron chi connectivity index (χ4n) is 3.59. The van der Waals surface area contributed by atoms with Crippen LogP contribution in [0.5, 0.6) is 0 Å². The summed E-state index contributed by atoms with van der Waals surface area (Å²) in [7, 11) is 0. The molecule has 0 aromatic heterocycles. The summed E-state index contributed by atoms with van der Waals surface area (Å²) in [5.74, 6) is 1.78. The topological polar surface area (TPSA) is 0 Å².